The second kappa shape index (κ2) is 4.69. The molecule has 78 valence electrons. The van der Waals surface area contributed by atoms with E-state index in [-0.39, 0.29) is 5.91 Å². The zero-order valence-electron chi connectivity index (χ0n) is 8.92. The molecular formula is C10H17N3O. The highest BCUT2D eigenvalue weighted by molar-refractivity contribution is 5.75. The molecule has 2 N–H and O–H groups in total. The molecule has 14 heavy (non-hydrogen) atoms. The summed E-state index contributed by atoms with van der Waals surface area (Å²) in [6.45, 7) is 4.70. The van der Waals surface area contributed by atoms with Crippen LogP contribution in [0.1, 0.15) is 17.8 Å². The summed E-state index contributed by atoms with van der Waals surface area (Å²) < 4.78 is 1.99. The number of nitrogens with one attached hydrogen (secondary N) is 2. The lowest BCUT2D eigenvalue weighted by molar-refractivity contribution is -0.120. The van der Waals surface area contributed by atoms with Gasteiger partial charge in [0.1, 0.15) is 0 Å². The normalized spacial score (nSPS) is 9.93. The van der Waals surface area contributed by atoms with Crippen LogP contribution in [-0.2, 0) is 4.79 Å². The SMILES string of the molecule is CNC(=O)CCNn1c(C)ccc1C. The van der Waals surface area contributed by atoms with Crippen molar-refractivity contribution in [2.75, 3.05) is 19.0 Å². The molecule has 4 heteroatoms. The topological polar surface area (TPSA) is 46.1 Å². The van der Waals surface area contributed by atoms with Crippen LogP contribution in [0.4, 0.5) is 0 Å². The summed E-state index contributed by atoms with van der Waals surface area (Å²) in [5.41, 5.74) is 5.49. The molecule has 0 aliphatic rings. The van der Waals surface area contributed by atoms with Crippen molar-refractivity contribution >= 4 is 5.91 Å². The molecule has 0 spiro atoms. The average molecular weight is 195 g/mol. The van der Waals surface area contributed by atoms with Gasteiger partial charge in [0.25, 0.3) is 0 Å². The molecule has 4 nitrogen and oxygen atoms in total. The van der Waals surface area contributed by atoms with Crippen molar-refractivity contribution in [3.05, 3.63) is 23.5 Å². The molecule has 1 aromatic rings. The van der Waals surface area contributed by atoms with Crippen LogP contribution in [0, 0.1) is 13.8 Å². The Balaban J connectivity index is 2.42. The van der Waals surface area contributed by atoms with E-state index in [1.807, 2.05) is 30.7 Å². The van der Waals surface area contributed by atoms with Gasteiger partial charge in [-0.1, -0.05) is 0 Å². The first-order valence-electron chi connectivity index (χ1n) is 4.74. The highest BCUT2D eigenvalue weighted by atomic mass is 16.1. The van der Waals surface area contributed by atoms with E-state index in [1.54, 1.807) is 7.05 Å². The molecule has 1 rings (SSSR count). The predicted molar refractivity (Wildman–Crippen MR) is 56.8 cm³/mol. The van der Waals surface area contributed by atoms with E-state index in [1.165, 1.54) is 0 Å². The van der Waals surface area contributed by atoms with Crippen molar-refractivity contribution in [2.45, 2.75) is 20.3 Å². The second-order valence-electron chi connectivity index (χ2n) is 3.28. The minimum atomic E-state index is 0.0555. The predicted octanol–water partition coefficient (Wildman–Crippen LogP) is 0.785. The molecule has 0 aliphatic carbocycles. The van der Waals surface area contributed by atoms with Gasteiger partial charge in [0.05, 0.1) is 0 Å². The van der Waals surface area contributed by atoms with Crippen LogP contribution in [0.25, 0.3) is 0 Å². The molecule has 1 amide bonds. The van der Waals surface area contributed by atoms with Crippen LogP contribution < -0.4 is 10.7 Å². The Bertz CT molecular complexity index is 298. The van der Waals surface area contributed by atoms with E-state index in [0.717, 1.165) is 11.4 Å². The first kappa shape index (κ1) is 10.6. The molecular weight excluding hydrogens is 178 g/mol. The van der Waals surface area contributed by atoms with Gasteiger partial charge < -0.3 is 10.7 Å². The largest absolute Gasteiger partial charge is 0.359 e. The number of nitrogens with zero attached hydrogens (tertiary/aromatic N) is 1. The van der Waals surface area contributed by atoms with E-state index in [0.29, 0.717) is 13.0 Å². The maximum absolute atomic E-state index is 10.9. The average Bonchev–Trinajstić information content (AvgIpc) is 2.48. The molecule has 0 unspecified atom stereocenters. The van der Waals surface area contributed by atoms with Gasteiger partial charge in [-0.15, -0.1) is 0 Å². The van der Waals surface area contributed by atoms with Gasteiger partial charge in [0, 0.05) is 31.4 Å². The summed E-state index contributed by atoms with van der Waals surface area (Å²) in [6.07, 6.45) is 0.494. The monoisotopic (exact) mass is 195 g/mol. The van der Waals surface area contributed by atoms with Crippen LogP contribution in [0.15, 0.2) is 12.1 Å². The zero-order valence-corrected chi connectivity index (χ0v) is 8.92. The van der Waals surface area contributed by atoms with Crippen molar-refractivity contribution in [2.24, 2.45) is 0 Å². The molecule has 0 radical (unpaired) electrons. The molecule has 0 saturated heterocycles. The summed E-state index contributed by atoms with van der Waals surface area (Å²) in [7, 11) is 1.65. The number of carbonyl (C=O) groups is 1. The first-order chi connectivity index (χ1) is 6.65. The lowest BCUT2D eigenvalue weighted by atomic mass is 10.4. The molecule has 0 bridgehead atoms. The Kier molecular flexibility index (Phi) is 3.56. The fourth-order valence-electron chi connectivity index (χ4n) is 1.32. The van der Waals surface area contributed by atoms with Gasteiger partial charge in [-0.05, 0) is 26.0 Å². The van der Waals surface area contributed by atoms with Gasteiger partial charge in [0.15, 0.2) is 0 Å². The van der Waals surface area contributed by atoms with Crippen molar-refractivity contribution in [3.8, 4) is 0 Å². The van der Waals surface area contributed by atoms with Crippen LogP contribution in [0.2, 0.25) is 0 Å². The van der Waals surface area contributed by atoms with Gasteiger partial charge >= 0.3 is 0 Å². The standard InChI is InChI=1S/C10H17N3O/c1-8-4-5-9(2)13(8)12-7-6-10(14)11-3/h4-5,12H,6-7H2,1-3H3,(H,11,14). The Morgan fingerprint density at radius 1 is 1.36 bits per heavy atom. The molecule has 1 heterocycles. The number of amides is 1. The zero-order chi connectivity index (χ0) is 10.6. The van der Waals surface area contributed by atoms with Crippen molar-refractivity contribution in [1.82, 2.24) is 9.99 Å². The maximum Gasteiger partial charge on any atom is 0.221 e. The smallest absolute Gasteiger partial charge is 0.221 e. The fourth-order valence-corrected chi connectivity index (χ4v) is 1.32. The van der Waals surface area contributed by atoms with Crippen LogP contribution in [-0.4, -0.2) is 24.2 Å². The summed E-state index contributed by atoms with van der Waals surface area (Å²) >= 11 is 0. The highest BCUT2D eigenvalue weighted by Gasteiger charge is 2.00. The van der Waals surface area contributed by atoms with E-state index < -0.39 is 0 Å². The van der Waals surface area contributed by atoms with E-state index in [2.05, 4.69) is 10.7 Å². The third-order valence-electron chi connectivity index (χ3n) is 2.17. The molecule has 0 aromatic carbocycles. The minimum Gasteiger partial charge on any atom is -0.359 e. The highest BCUT2D eigenvalue weighted by Crippen LogP contribution is 2.03. The van der Waals surface area contributed by atoms with Crippen LogP contribution in [0.5, 0.6) is 0 Å². The number of aromatic nitrogens is 1. The number of hydrogen-bond acceptors (Lipinski definition) is 2. The number of rotatable bonds is 4. The van der Waals surface area contributed by atoms with Crippen molar-refractivity contribution in [1.29, 1.82) is 0 Å². The van der Waals surface area contributed by atoms with Crippen molar-refractivity contribution in [3.63, 3.8) is 0 Å². The number of carbonyl (C=O) groups excluding carboxylic acids is 1. The quantitative estimate of drug-likeness (QED) is 0.746. The van der Waals surface area contributed by atoms with Crippen molar-refractivity contribution < 1.29 is 4.79 Å². The van der Waals surface area contributed by atoms with E-state index >= 15 is 0 Å². The summed E-state index contributed by atoms with van der Waals surface area (Å²) in [5, 5.41) is 2.59. The summed E-state index contributed by atoms with van der Waals surface area (Å²) in [4.78, 5) is 10.9. The third-order valence-corrected chi connectivity index (χ3v) is 2.17. The molecule has 1 aromatic heterocycles. The molecule has 0 aliphatic heterocycles. The number of hydrogen-bond donors (Lipinski definition) is 2. The Labute approximate surface area is 84.3 Å². The fraction of sp³-hybridized carbons (Fsp3) is 0.500. The third kappa shape index (κ3) is 2.52. The molecule has 0 saturated carbocycles. The maximum atomic E-state index is 10.9. The molecule has 0 fully saturated rings. The lowest BCUT2D eigenvalue weighted by Gasteiger charge is -2.11. The van der Waals surface area contributed by atoms with Gasteiger partial charge in [-0.3, -0.25) is 9.47 Å². The minimum absolute atomic E-state index is 0.0555. The summed E-state index contributed by atoms with van der Waals surface area (Å²) in [6, 6.07) is 4.09. The Morgan fingerprint density at radius 3 is 2.43 bits per heavy atom. The molecule has 0 atom stereocenters. The first-order valence-corrected chi connectivity index (χ1v) is 4.74. The second-order valence-corrected chi connectivity index (χ2v) is 3.28. The summed E-state index contributed by atoms with van der Waals surface area (Å²) in [5.74, 6) is 0.0555. The Morgan fingerprint density at radius 2 is 1.93 bits per heavy atom. The van der Waals surface area contributed by atoms with E-state index in [9.17, 15) is 4.79 Å². The van der Waals surface area contributed by atoms with Crippen LogP contribution in [0.3, 0.4) is 0 Å². The van der Waals surface area contributed by atoms with Crippen LogP contribution >= 0.6 is 0 Å². The van der Waals surface area contributed by atoms with Gasteiger partial charge in [-0.25, -0.2) is 0 Å². The van der Waals surface area contributed by atoms with Gasteiger partial charge in [0.2, 0.25) is 5.91 Å². The van der Waals surface area contributed by atoms with E-state index in [4.69, 9.17) is 0 Å². The Hall–Kier alpha value is -1.45. The lowest BCUT2D eigenvalue weighted by Crippen LogP contribution is -2.25. The van der Waals surface area contributed by atoms with Gasteiger partial charge in [-0.2, -0.15) is 0 Å². The number of aryl methyl sites for hydroxylation is 2.